The summed E-state index contributed by atoms with van der Waals surface area (Å²) in [5, 5.41) is 12.3. The Bertz CT molecular complexity index is 1600. The highest BCUT2D eigenvalue weighted by molar-refractivity contribution is 9.10. The molecule has 1 fully saturated rings. The third-order valence-corrected chi connectivity index (χ3v) is 8.13. The molecule has 0 aliphatic carbocycles. The summed E-state index contributed by atoms with van der Waals surface area (Å²) in [4.78, 5) is 32.8. The highest BCUT2D eigenvalue weighted by Crippen LogP contribution is 2.45. The number of aliphatic hydroxyl groups is 1. The molecule has 2 aliphatic rings. The van der Waals surface area contributed by atoms with Crippen molar-refractivity contribution >= 4 is 71.7 Å². The molecule has 9 heteroatoms. The van der Waals surface area contributed by atoms with E-state index in [4.69, 9.17) is 16.3 Å². The number of hydrogen-bond acceptors (Lipinski definition) is 6. The molecule has 4 aromatic rings. The van der Waals surface area contributed by atoms with E-state index in [0.29, 0.717) is 33.2 Å². The van der Waals surface area contributed by atoms with Crippen LogP contribution in [-0.4, -0.2) is 27.9 Å². The van der Waals surface area contributed by atoms with Crippen molar-refractivity contribution in [3.05, 3.63) is 92.4 Å². The molecule has 2 atom stereocenters. The Balaban J connectivity index is 1.53. The molecule has 2 aliphatic heterocycles. The first-order valence-electron chi connectivity index (χ1n) is 11.2. The lowest BCUT2D eigenvalue weighted by atomic mass is 9.94. The highest BCUT2D eigenvalue weighted by atomic mass is 79.9. The number of ether oxygens (including phenoxy) is 1. The maximum atomic E-state index is 13.4. The molecule has 1 N–H and O–H groups in total. The number of rotatable bonds is 3. The number of anilines is 1. The molecule has 1 amide bonds. The van der Waals surface area contributed by atoms with Crippen LogP contribution < -0.4 is 9.64 Å². The second kappa shape index (κ2) is 8.73. The van der Waals surface area contributed by atoms with Crippen molar-refractivity contribution in [3.63, 3.8) is 0 Å². The topological polar surface area (TPSA) is 79.7 Å². The van der Waals surface area contributed by atoms with Crippen molar-refractivity contribution in [1.29, 1.82) is 0 Å². The van der Waals surface area contributed by atoms with Crippen molar-refractivity contribution < 1.29 is 19.4 Å². The maximum absolute atomic E-state index is 13.4. The standard InChI is InChI=1S/C27H18BrClN2O4S/c1-13-10-16-11-15(4-9-20(16)35-13)24(32)22-23(14-2-5-17(28)6-3-14)31(26(34)25(22)33)27-30-19-8-7-18(29)12-21(19)36-27/h2-9,11-13,23,32H,10H2,1H3/t13-,23+/m1/s1. The summed E-state index contributed by atoms with van der Waals surface area (Å²) >= 11 is 10.9. The number of nitrogens with zero attached hydrogens (tertiary/aromatic N) is 2. The number of amides is 1. The molecule has 1 aromatic heterocycles. The van der Waals surface area contributed by atoms with Gasteiger partial charge in [0, 0.05) is 21.5 Å². The number of halogens is 2. The molecule has 0 unspecified atom stereocenters. The van der Waals surface area contributed by atoms with Gasteiger partial charge in [-0.15, -0.1) is 0 Å². The van der Waals surface area contributed by atoms with E-state index in [-0.39, 0.29) is 17.4 Å². The third-order valence-electron chi connectivity index (χ3n) is 6.34. The summed E-state index contributed by atoms with van der Waals surface area (Å²) in [5.41, 5.74) is 2.77. The Morgan fingerprint density at radius 3 is 2.69 bits per heavy atom. The molecule has 180 valence electrons. The Labute approximate surface area is 223 Å². The van der Waals surface area contributed by atoms with Gasteiger partial charge in [-0.2, -0.15) is 0 Å². The van der Waals surface area contributed by atoms with Crippen LogP contribution in [0.25, 0.3) is 16.0 Å². The zero-order chi connectivity index (χ0) is 25.1. The molecule has 0 radical (unpaired) electrons. The van der Waals surface area contributed by atoms with E-state index in [2.05, 4.69) is 20.9 Å². The summed E-state index contributed by atoms with van der Waals surface area (Å²) < 4.78 is 7.42. The lowest BCUT2D eigenvalue weighted by Crippen LogP contribution is -2.29. The van der Waals surface area contributed by atoms with Crippen LogP contribution in [0.4, 0.5) is 5.13 Å². The zero-order valence-corrected chi connectivity index (χ0v) is 22.0. The van der Waals surface area contributed by atoms with Crippen LogP contribution in [0, 0.1) is 0 Å². The lowest BCUT2D eigenvalue weighted by Gasteiger charge is -2.23. The SMILES string of the molecule is C[C@@H]1Cc2cc(C(O)=C3C(=O)C(=O)N(c4nc5ccc(Cl)cc5s4)[C@H]3c3ccc(Br)cc3)ccc2O1. The van der Waals surface area contributed by atoms with Gasteiger partial charge in [-0.1, -0.05) is 51.0 Å². The molecule has 3 aromatic carbocycles. The predicted molar refractivity (Wildman–Crippen MR) is 144 cm³/mol. The fourth-order valence-electron chi connectivity index (χ4n) is 4.70. The fourth-order valence-corrected chi connectivity index (χ4v) is 6.24. The predicted octanol–water partition coefficient (Wildman–Crippen LogP) is 6.66. The monoisotopic (exact) mass is 580 g/mol. The van der Waals surface area contributed by atoms with Crippen LogP contribution >= 0.6 is 38.9 Å². The average Bonchev–Trinajstić information content (AvgIpc) is 3.51. The molecule has 0 spiro atoms. The second-order valence-electron chi connectivity index (χ2n) is 8.78. The Hall–Kier alpha value is -3.20. The summed E-state index contributed by atoms with van der Waals surface area (Å²) in [7, 11) is 0. The van der Waals surface area contributed by atoms with Crippen molar-refractivity contribution in [1.82, 2.24) is 4.98 Å². The number of aromatic nitrogens is 1. The molecule has 3 heterocycles. The summed E-state index contributed by atoms with van der Waals surface area (Å²) in [6.07, 6.45) is 0.744. The van der Waals surface area contributed by atoms with Crippen LogP contribution in [-0.2, 0) is 16.0 Å². The minimum atomic E-state index is -0.849. The molecule has 6 nitrogen and oxygen atoms in total. The second-order valence-corrected chi connectivity index (χ2v) is 11.1. The largest absolute Gasteiger partial charge is 0.507 e. The number of carbonyl (C=O) groups excluding carboxylic acids is 2. The van der Waals surface area contributed by atoms with Crippen LogP contribution in [0.3, 0.4) is 0 Å². The Kier molecular flexibility index (Phi) is 5.63. The normalized spacial score (nSPS) is 20.7. The van der Waals surface area contributed by atoms with Crippen LogP contribution in [0.1, 0.15) is 29.7 Å². The summed E-state index contributed by atoms with van der Waals surface area (Å²) in [6.45, 7) is 1.98. The number of Topliss-reactive ketones (excluding diaryl/α,β-unsaturated/α-hetero) is 1. The van der Waals surface area contributed by atoms with Gasteiger partial charge < -0.3 is 9.84 Å². The number of thiazole rings is 1. The van der Waals surface area contributed by atoms with E-state index in [0.717, 1.165) is 20.5 Å². The van der Waals surface area contributed by atoms with Gasteiger partial charge in [-0.25, -0.2) is 4.98 Å². The lowest BCUT2D eigenvalue weighted by molar-refractivity contribution is -0.132. The minimum absolute atomic E-state index is 0.0199. The van der Waals surface area contributed by atoms with Crippen LogP contribution in [0.5, 0.6) is 5.75 Å². The molecular formula is C27H18BrClN2O4S. The van der Waals surface area contributed by atoms with Gasteiger partial charge in [-0.05, 0) is 66.6 Å². The fraction of sp³-hybridized carbons (Fsp3) is 0.148. The van der Waals surface area contributed by atoms with Crippen molar-refractivity contribution in [2.45, 2.75) is 25.5 Å². The molecule has 0 saturated carbocycles. The number of fused-ring (bicyclic) bond motifs is 2. The van der Waals surface area contributed by atoms with E-state index in [1.54, 1.807) is 30.3 Å². The van der Waals surface area contributed by atoms with E-state index < -0.39 is 17.7 Å². The van der Waals surface area contributed by atoms with E-state index in [9.17, 15) is 14.7 Å². The van der Waals surface area contributed by atoms with Gasteiger partial charge in [0.2, 0.25) is 0 Å². The Morgan fingerprint density at radius 2 is 1.92 bits per heavy atom. The number of hydrogen-bond donors (Lipinski definition) is 1. The van der Waals surface area contributed by atoms with Crippen molar-refractivity contribution in [2.75, 3.05) is 4.90 Å². The van der Waals surface area contributed by atoms with Crippen LogP contribution in [0.15, 0.2) is 70.7 Å². The Morgan fingerprint density at radius 1 is 1.14 bits per heavy atom. The van der Waals surface area contributed by atoms with Gasteiger partial charge >= 0.3 is 5.91 Å². The first-order chi connectivity index (χ1) is 17.3. The first kappa shape index (κ1) is 23.2. The average molecular weight is 582 g/mol. The number of benzene rings is 3. The number of aliphatic hydroxyl groups excluding tert-OH is 1. The number of carbonyl (C=O) groups is 2. The molecule has 0 bridgehead atoms. The number of ketones is 1. The van der Waals surface area contributed by atoms with Crippen molar-refractivity contribution in [2.24, 2.45) is 0 Å². The van der Waals surface area contributed by atoms with Gasteiger partial charge in [0.25, 0.3) is 5.78 Å². The minimum Gasteiger partial charge on any atom is -0.507 e. The van der Waals surface area contributed by atoms with E-state index in [1.807, 2.05) is 37.3 Å². The smallest absolute Gasteiger partial charge is 0.301 e. The van der Waals surface area contributed by atoms with Gasteiger partial charge in [0.1, 0.15) is 17.6 Å². The molecule has 1 saturated heterocycles. The van der Waals surface area contributed by atoms with Gasteiger partial charge in [0.05, 0.1) is 21.8 Å². The third kappa shape index (κ3) is 3.80. The van der Waals surface area contributed by atoms with Gasteiger partial charge in [0.15, 0.2) is 5.13 Å². The molecule has 6 rings (SSSR count). The zero-order valence-electron chi connectivity index (χ0n) is 18.9. The first-order valence-corrected chi connectivity index (χ1v) is 13.2. The maximum Gasteiger partial charge on any atom is 0.301 e. The highest BCUT2D eigenvalue weighted by Gasteiger charge is 2.48. The quantitative estimate of drug-likeness (QED) is 0.166. The summed E-state index contributed by atoms with van der Waals surface area (Å²) in [5.74, 6) is -0.970. The molecular weight excluding hydrogens is 564 g/mol. The van der Waals surface area contributed by atoms with Crippen molar-refractivity contribution in [3.8, 4) is 5.75 Å². The van der Waals surface area contributed by atoms with Crippen LogP contribution in [0.2, 0.25) is 5.02 Å². The van der Waals surface area contributed by atoms with Gasteiger partial charge in [-0.3, -0.25) is 14.5 Å². The van der Waals surface area contributed by atoms with E-state index in [1.165, 1.54) is 16.2 Å². The van der Waals surface area contributed by atoms with E-state index >= 15 is 0 Å². The molecule has 36 heavy (non-hydrogen) atoms. The summed E-state index contributed by atoms with van der Waals surface area (Å²) in [6, 6.07) is 17.1.